The summed E-state index contributed by atoms with van der Waals surface area (Å²) in [5.41, 5.74) is 5.66. The van der Waals surface area contributed by atoms with E-state index in [4.69, 9.17) is 5.73 Å². The van der Waals surface area contributed by atoms with Crippen LogP contribution < -0.4 is 5.73 Å². The standard InChI is InChI=1S/C18H39N/c1-3-5-7-9-10-12-15-18(16-13-17-19)14-11-8-6-4-2/h18H,3-17,19H2,1-2H3. The lowest BCUT2D eigenvalue weighted by atomic mass is 9.90. The van der Waals surface area contributed by atoms with Crippen LogP contribution in [0.4, 0.5) is 0 Å². The molecule has 0 aromatic carbocycles. The van der Waals surface area contributed by atoms with Crippen LogP contribution in [0, 0.1) is 5.92 Å². The van der Waals surface area contributed by atoms with Crippen molar-refractivity contribution >= 4 is 0 Å². The van der Waals surface area contributed by atoms with Crippen molar-refractivity contribution in [2.75, 3.05) is 6.54 Å². The first-order chi connectivity index (χ1) is 9.35. The van der Waals surface area contributed by atoms with Gasteiger partial charge in [0.1, 0.15) is 0 Å². The van der Waals surface area contributed by atoms with Crippen molar-refractivity contribution in [2.45, 2.75) is 104 Å². The van der Waals surface area contributed by atoms with Gasteiger partial charge >= 0.3 is 0 Å². The van der Waals surface area contributed by atoms with E-state index < -0.39 is 0 Å². The molecule has 0 bridgehead atoms. The Morgan fingerprint density at radius 2 is 1.00 bits per heavy atom. The number of nitrogens with two attached hydrogens (primary N) is 1. The van der Waals surface area contributed by atoms with Crippen molar-refractivity contribution in [3.05, 3.63) is 0 Å². The largest absolute Gasteiger partial charge is 0.330 e. The molecule has 0 aromatic heterocycles. The normalized spacial score (nSPS) is 12.8. The number of rotatable bonds is 15. The van der Waals surface area contributed by atoms with Gasteiger partial charge in [-0.1, -0.05) is 90.9 Å². The van der Waals surface area contributed by atoms with E-state index in [2.05, 4.69) is 13.8 Å². The van der Waals surface area contributed by atoms with Crippen LogP contribution in [0.1, 0.15) is 104 Å². The molecule has 116 valence electrons. The number of hydrogen-bond donors (Lipinski definition) is 1. The fraction of sp³-hybridized carbons (Fsp3) is 1.00. The van der Waals surface area contributed by atoms with Crippen LogP contribution in [-0.2, 0) is 0 Å². The molecule has 0 rings (SSSR count). The molecule has 0 amide bonds. The minimum absolute atomic E-state index is 0.877. The summed E-state index contributed by atoms with van der Waals surface area (Å²) in [6, 6.07) is 0. The predicted octanol–water partition coefficient (Wildman–Crippen LogP) is 6.06. The highest BCUT2D eigenvalue weighted by Gasteiger charge is 2.07. The minimum atomic E-state index is 0.877. The molecular weight excluding hydrogens is 230 g/mol. The highest BCUT2D eigenvalue weighted by Crippen LogP contribution is 2.22. The fourth-order valence-corrected chi connectivity index (χ4v) is 2.91. The molecule has 19 heavy (non-hydrogen) atoms. The lowest BCUT2D eigenvalue weighted by Crippen LogP contribution is -2.06. The SMILES string of the molecule is CCCCCCCCC(CCCN)CCCCCC. The Morgan fingerprint density at radius 1 is 0.579 bits per heavy atom. The first-order valence-corrected chi connectivity index (χ1v) is 9.05. The van der Waals surface area contributed by atoms with Gasteiger partial charge in [-0.2, -0.15) is 0 Å². The van der Waals surface area contributed by atoms with Gasteiger partial charge in [-0.05, 0) is 25.3 Å². The molecular formula is C18H39N. The maximum absolute atomic E-state index is 5.66. The first-order valence-electron chi connectivity index (χ1n) is 9.05. The van der Waals surface area contributed by atoms with Crippen LogP contribution in [0.25, 0.3) is 0 Å². The second kappa shape index (κ2) is 16.0. The first kappa shape index (κ1) is 19.0. The van der Waals surface area contributed by atoms with Crippen LogP contribution in [0.2, 0.25) is 0 Å². The van der Waals surface area contributed by atoms with E-state index in [0.29, 0.717) is 0 Å². The minimum Gasteiger partial charge on any atom is -0.330 e. The molecule has 0 spiro atoms. The average molecular weight is 270 g/mol. The Labute approximate surface area is 122 Å². The molecule has 0 aliphatic rings. The smallest absolute Gasteiger partial charge is 0.00772 e. The lowest BCUT2D eigenvalue weighted by Gasteiger charge is -2.16. The molecule has 0 aromatic rings. The quantitative estimate of drug-likeness (QED) is 0.359. The summed E-state index contributed by atoms with van der Waals surface area (Å²) in [7, 11) is 0. The second-order valence-electron chi connectivity index (χ2n) is 6.20. The topological polar surface area (TPSA) is 26.0 Å². The van der Waals surface area contributed by atoms with Crippen molar-refractivity contribution < 1.29 is 0 Å². The molecule has 1 heteroatoms. The molecule has 0 radical (unpaired) electrons. The Bertz CT molecular complexity index is 156. The fourth-order valence-electron chi connectivity index (χ4n) is 2.91. The number of unbranched alkanes of at least 4 members (excludes halogenated alkanes) is 8. The van der Waals surface area contributed by atoms with Crippen LogP contribution in [-0.4, -0.2) is 6.54 Å². The van der Waals surface area contributed by atoms with Gasteiger partial charge in [-0.3, -0.25) is 0 Å². The monoisotopic (exact) mass is 269 g/mol. The third-order valence-electron chi connectivity index (χ3n) is 4.25. The highest BCUT2D eigenvalue weighted by molar-refractivity contribution is 4.61. The predicted molar refractivity (Wildman–Crippen MR) is 88.5 cm³/mol. The maximum Gasteiger partial charge on any atom is -0.00772 e. The Morgan fingerprint density at radius 3 is 1.53 bits per heavy atom. The molecule has 1 atom stereocenters. The van der Waals surface area contributed by atoms with Crippen molar-refractivity contribution in [2.24, 2.45) is 11.7 Å². The molecule has 2 N–H and O–H groups in total. The third kappa shape index (κ3) is 14.2. The van der Waals surface area contributed by atoms with E-state index in [-0.39, 0.29) is 0 Å². The van der Waals surface area contributed by atoms with Crippen molar-refractivity contribution in [3.8, 4) is 0 Å². The lowest BCUT2D eigenvalue weighted by molar-refractivity contribution is 0.375. The zero-order valence-electron chi connectivity index (χ0n) is 13.8. The van der Waals surface area contributed by atoms with Gasteiger partial charge in [0.2, 0.25) is 0 Å². The Balaban J connectivity index is 3.55. The molecule has 1 nitrogen and oxygen atoms in total. The summed E-state index contributed by atoms with van der Waals surface area (Å²) in [5, 5.41) is 0. The van der Waals surface area contributed by atoms with E-state index in [1.807, 2.05) is 0 Å². The van der Waals surface area contributed by atoms with Crippen molar-refractivity contribution in [1.29, 1.82) is 0 Å². The zero-order valence-corrected chi connectivity index (χ0v) is 13.8. The average Bonchev–Trinajstić information content (AvgIpc) is 2.43. The van der Waals surface area contributed by atoms with E-state index in [1.165, 1.54) is 89.9 Å². The van der Waals surface area contributed by atoms with Gasteiger partial charge in [0, 0.05) is 0 Å². The zero-order chi connectivity index (χ0) is 14.2. The van der Waals surface area contributed by atoms with Crippen LogP contribution in [0.3, 0.4) is 0 Å². The summed E-state index contributed by atoms with van der Waals surface area (Å²) >= 11 is 0. The summed E-state index contributed by atoms with van der Waals surface area (Å²) in [4.78, 5) is 0. The number of hydrogen-bond acceptors (Lipinski definition) is 1. The van der Waals surface area contributed by atoms with Crippen LogP contribution in [0.5, 0.6) is 0 Å². The second-order valence-corrected chi connectivity index (χ2v) is 6.20. The Kier molecular flexibility index (Phi) is 16.0. The van der Waals surface area contributed by atoms with E-state index in [0.717, 1.165) is 12.5 Å². The van der Waals surface area contributed by atoms with Crippen LogP contribution in [0.15, 0.2) is 0 Å². The van der Waals surface area contributed by atoms with Gasteiger partial charge in [0.25, 0.3) is 0 Å². The van der Waals surface area contributed by atoms with Gasteiger partial charge in [-0.25, -0.2) is 0 Å². The van der Waals surface area contributed by atoms with Crippen molar-refractivity contribution in [3.63, 3.8) is 0 Å². The maximum atomic E-state index is 5.66. The molecule has 1 unspecified atom stereocenters. The molecule has 0 saturated heterocycles. The van der Waals surface area contributed by atoms with E-state index in [1.54, 1.807) is 0 Å². The third-order valence-corrected chi connectivity index (χ3v) is 4.25. The van der Waals surface area contributed by atoms with Crippen LogP contribution >= 0.6 is 0 Å². The van der Waals surface area contributed by atoms with Gasteiger partial charge < -0.3 is 5.73 Å². The van der Waals surface area contributed by atoms with Gasteiger partial charge in [-0.15, -0.1) is 0 Å². The summed E-state index contributed by atoms with van der Waals surface area (Å²) in [6.45, 7) is 5.46. The molecule has 0 aliphatic heterocycles. The van der Waals surface area contributed by atoms with Gasteiger partial charge in [0.05, 0.1) is 0 Å². The Hall–Kier alpha value is -0.0400. The molecule has 0 saturated carbocycles. The summed E-state index contributed by atoms with van der Waals surface area (Å²) in [6.07, 6.45) is 19.7. The van der Waals surface area contributed by atoms with E-state index in [9.17, 15) is 0 Å². The summed E-state index contributed by atoms with van der Waals surface area (Å²) < 4.78 is 0. The van der Waals surface area contributed by atoms with E-state index >= 15 is 0 Å². The summed E-state index contributed by atoms with van der Waals surface area (Å²) in [5.74, 6) is 0.964. The highest BCUT2D eigenvalue weighted by atomic mass is 14.5. The molecule has 0 fully saturated rings. The van der Waals surface area contributed by atoms with Gasteiger partial charge in [0.15, 0.2) is 0 Å². The molecule has 0 aliphatic carbocycles. The molecule has 0 heterocycles. The van der Waals surface area contributed by atoms with Crippen molar-refractivity contribution in [1.82, 2.24) is 0 Å².